The van der Waals surface area contributed by atoms with Crippen molar-refractivity contribution in [2.75, 3.05) is 0 Å². The van der Waals surface area contributed by atoms with Gasteiger partial charge in [-0.1, -0.05) is 84.8 Å². The number of benzene rings is 6. The van der Waals surface area contributed by atoms with Crippen LogP contribution in [0.4, 0.5) is 0 Å². The number of fused-ring (bicyclic) bond motifs is 9. The molecule has 1 saturated heterocycles. The first-order valence-electron chi connectivity index (χ1n) is 19.0. The molecular weight excluding hydrogens is 593 g/mol. The quantitative estimate of drug-likeness (QED) is 0.182. The third-order valence-corrected chi connectivity index (χ3v) is 10.2. The molecule has 1 fully saturated rings. The molecule has 1 aliphatic heterocycles. The summed E-state index contributed by atoms with van der Waals surface area (Å²) in [5.41, 5.74) is 4.94. The molecule has 0 aliphatic carbocycles. The number of furan rings is 2. The summed E-state index contributed by atoms with van der Waals surface area (Å²) >= 11 is 0. The summed E-state index contributed by atoms with van der Waals surface area (Å²) in [6.07, 6.45) is 0. The van der Waals surface area contributed by atoms with Gasteiger partial charge < -0.3 is 22.7 Å². The molecule has 0 bridgehead atoms. The second-order valence-electron chi connectivity index (χ2n) is 13.5. The molecule has 9 aromatic rings. The Hall–Kier alpha value is -5.30. The number of hydrogen-bond acceptors (Lipinski definition) is 4. The summed E-state index contributed by atoms with van der Waals surface area (Å²) in [5.74, 6) is 0. The Balaban J connectivity index is 1.33. The summed E-state index contributed by atoms with van der Waals surface area (Å²) in [6.45, 7) is 8.06. The van der Waals surface area contributed by atoms with Crippen LogP contribution in [0.5, 0.6) is 0 Å². The molecule has 10 rings (SSSR count). The second-order valence-corrected chi connectivity index (χ2v) is 13.5. The van der Waals surface area contributed by atoms with Crippen molar-refractivity contribution < 1.29 is 26.4 Å². The van der Waals surface area contributed by atoms with Gasteiger partial charge in [0.05, 0.1) is 30.5 Å². The highest BCUT2D eigenvalue weighted by Crippen LogP contribution is 2.44. The van der Waals surface area contributed by atoms with Crippen LogP contribution in [-0.4, -0.2) is 22.9 Å². The van der Waals surface area contributed by atoms with Crippen molar-refractivity contribution >= 4 is 78.3 Å². The molecular formula is C42H32BNO4. The fraction of sp³-hybridized carbons (Fsp3) is 0.143. The molecule has 0 N–H and O–H groups in total. The lowest BCUT2D eigenvalue weighted by atomic mass is 9.79. The van der Waals surface area contributed by atoms with Crippen molar-refractivity contribution in [3.63, 3.8) is 0 Å². The summed E-state index contributed by atoms with van der Waals surface area (Å²) in [5, 5.41) is 3.86. The number of aromatic nitrogens is 1. The highest BCUT2D eigenvalue weighted by Gasteiger charge is 2.51. The van der Waals surface area contributed by atoms with Crippen LogP contribution < -0.4 is 5.46 Å². The van der Waals surface area contributed by atoms with Gasteiger partial charge in [0, 0.05) is 49.1 Å². The molecule has 0 amide bonds. The third kappa shape index (κ3) is 3.81. The summed E-state index contributed by atoms with van der Waals surface area (Å²) in [4.78, 5) is 0. The first kappa shape index (κ1) is 22.3. The van der Waals surface area contributed by atoms with Crippen LogP contribution in [0.2, 0.25) is 0 Å². The minimum absolute atomic E-state index is 0.0299. The SMILES string of the molecule is [2H]c1cc([2H])c2c(c1[2H])c1c([2H])c([2H])cc([2H])c1n2-c1cc(-c2cccc3c2oc2ccccc23)c2oc3cc(B4OC(C)(C)C(C)(C)O4)ccc3c2c1. The molecule has 0 saturated carbocycles. The first-order valence-corrected chi connectivity index (χ1v) is 16.0. The fourth-order valence-electron chi connectivity index (χ4n) is 7.07. The molecule has 6 heteroatoms. The van der Waals surface area contributed by atoms with E-state index in [0.29, 0.717) is 28.0 Å². The summed E-state index contributed by atoms with van der Waals surface area (Å²) in [6, 6.07) is 25.5. The maximum Gasteiger partial charge on any atom is 0.494 e. The Morgan fingerprint density at radius 2 is 1.21 bits per heavy atom. The average Bonchev–Trinajstić information content (AvgIpc) is 3.86. The zero-order chi connectivity index (χ0) is 37.6. The molecule has 1 aliphatic rings. The van der Waals surface area contributed by atoms with Crippen molar-refractivity contribution in [2.24, 2.45) is 0 Å². The molecule has 48 heavy (non-hydrogen) atoms. The molecule has 232 valence electrons. The van der Waals surface area contributed by atoms with Crippen molar-refractivity contribution in [3.8, 4) is 16.8 Å². The van der Waals surface area contributed by atoms with E-state index >= 15 is 0 Å². The predicted molar refractivity (Wildman–Crippen MR) is 196 cm³/mol. The zero-order valence-corrected chi connectivity index (χ0v) is 26.7. The Bertz CT molecular complexity index is 3020. The average molecular weight is 632 g/mol. The van der Waals surface area contributed by atoms with Crippen LogP contribution in [0.1, 0.15) is 35.9 Å². The minimum atomic E-state index is -0.600. The van der Waals surface area contributed by atoms with Gasteiger partial charge in [-0.05, 0) is 69.5 Å². The highest BCUT2D eigenvalue weighted by molar-refractivity contribution is 6.62. The predicted octanol–water partition coefficient (Wildman–Crippen LogP) is 10.5. The van der Waals surface area contributed by atoms with Crippen LogP contribution >= 0.6 is 0 Å². The van der Waals surface area contributed by atoms with Crippen LogP contribution in [0.25, 0.3) is 82.5 Å². The van der Waals surface area contributed by atoms with E-state index in [9.17, 15) is 0 Å². The topological polar surface area (TPSA) is 49.7 Å². The molecule has 0 unspecified atom stereocenters. The smallest absolute Gasteiger partial charge is 0.455 e. The van der Waals surface area contributed by atoms with Crippen LogP contribution in [0.15, 0.2) is 130 Å². The van der Waals surface area contributed by atoms with Gasteiger partial charge in [0.25, 0.3) is 0 Å². The Kier molecular flexibility index (Phi) is 4.48. The number of nitrogens with zero attached hydrogens (tertiary/aromatic N) is 1. The molecule has 4 heterocycles. The van der Waals surface area contributed by atoms with Gasteiger partial charge in [0.15, 0.2) is 0 Å². The maximum atomic E-state index is 9.08. The van der Waals surface area contributed by atoms with Gasteiger partial charge in [-0.3, -0.25) is 0 Å². The van der Waals surface area contributed by atoms with E-state index in [-0.39, 0.29) is 58.1 Å². The Morgan fingerprint density at radius 1 is 0.562 bits per heavy atom. The molecule has 5 nitrogen and oxygen atoms in total. The lowest BCUT2D eigenvalue weighted by molar-refractivity contribution is 0.00578. The van der Waals surface area contributed by atoms with E-state index in [1.165, 1.54) is 12.1 Å². The molecule has 0 atom stereocenters. The van der Waals surface area contributed by atoms with Crippen LogP contribution in [0.3, 0.4) is 0 Å². The highest BCUT2D eigenvalue weighted by atomic mass is 16.7. The van der Waals surface area contributed by atoms with Gasteiger partial charge >= 0.3 is 7.12 Å². The Morgan fingerprint density at radius 3 is 1.96 bits per heavy atom. The first-order chi connectivity index (χ1) is 25.7. The fourth-order valence-corrected chi connectivity index (χ4v) is 7.07. The number of rotatable bonds is 3. The van der Waals surface area contributed by atoms with Crippen LogP contribution in [-0.2, 0) is 9.31 Å². The number of para-hydroxylation sites is 4. The van der Waals surface area contributed by atoms with Crippen molar-refractivity contribution in [1.82, 2.24) is 4.57 Å². The van der Waals surface area contributed by atoms with E-state index in [4.69, 9.17) is 26.4 Å². The van der Waals surface area contributed by atoms with Gasteiger partial charge in [0.1, 0.15) is 22.3 Å². The maximum absolute atomic E-state index is 9.08. The van der Waals surface area contributed by atoms with E-state index < -0.39 is 18.3 Å². The van der Waals surface area contributed by atoms with E-state index in [1.54, 1.807) is 4.57 Å². The summed E-state index contributed by atoms with van der Waals surface area (Å²) < 4.78 is 80.7. The molecule has 0 radical (unpaired) electrons. The van der Waals surface area contributed by atoms with Crippen LogP contribution in [0, 0.1) is 0 Å². The lowest BCUT2D eigenvalue weighted by Crippen LogP contribution is -2.41. The molecule has 3 aromatic heterocycles. The van der Waals surface area contributed by atoms with Crippen molar-refractivity contribution in [3.05, 3.63) is 121 Å². The molecule has 6 aromatic carbocycles. The van der Waals surface area contributed by atoms with E-state index in [0.717, 1.165) is 38.2 Å². The molecule has 0 spiro atoms. The lowest BCUT2D eigenvalue weighted by Gasteiger charge is -2.32. The second kappa shape index (κ2) is 9.63. The van der Waals surface area contributed by atoms with E-state index in [1.807, 2.05) is 100 Å². The monoisotopic (exact) mass is 631 g/mol. The van der Waals surface area contributed by atoms with E-state index in [2.05, 4.69) is 0 Å². The van der Waals surface area contributed by atoms with Gasteiger partial charge in [-0.15, -0.1) is 0 Å². The normalized spacial score (nSPS) is 17.8. The van der Waals surface area contributed by atoms with Gasteiger partial charge in [0.2, 0.25) is 0 Å². The zero-order valence-electron chi connectivity index (χ0n) is 32.7. The van der Waals surface area contributed by atoms with Gasteiger partial charge in [-0.25, -0.2) is 0 Å². The largest absolute Gasteiger partial charge is 0.494 e. The standard InChI is InChI=1S/C42H32BNO4/c1-41(2)42(3,4)48-43(47-41)25-20-21-30-33-23-26(44-35-17-8-5-12-27(35)28-13-6-9-18-36(28)44)24-34(40(33)46-38(30)22-25)32-16-11-15-31-29-14-7-10-19-37(29)45-39(31)32/h5-24H,1-4H3/i5D,6D,12D,13D,17D,18D. The Labute approximate surface area is 285 Å². The third-order valence-electron chi connectivity index (χ3n) is 10.2. The van der Waals surface area contributed by atoms with Gasteiger partial charge in [-0.2, -0.15) is 0 Å². The van der Waals surface area contributed by atoms with Crippen molar-refractivity contribution in [1.29, 1.82) is 0 Å². The minimum Gasteiger partial charge on any atom is -0.455 e. The number of hydrogen-bond donors (Lipinski definition) is 0. The summed E-state index contributed by atoms with van der Waals surface area (Å²) in [7, 11) is -0.600. The van der Waals surface area contributed by atoms with Crippen molar-refractivity contribution in [2.45, 2.75) is 38.9 Å².